The summed E-state index contributed by atoms with van der Waals surface area (Å²) in [6.45, 7) is 7.66. The Bertz CT molecular complexity index is 490. The molecular formula is C13H22N6O2. The molecule has 1 unspecified atom stereocenters. The molecule has 1 aliphatic rings. The van der Waals surface area contributed by atoms with Crippen LogP contribution in [-0.2, 0) is 0 Å². The maximum absolute atomic E-state index is 11.1. The molecule has 0 radical (unpaired) electrons. The SMILES string of the molecule is CCNc1ncc([N+](=O)[O-])c(NC(C)CN2CCCC2)n1. The van der Waals surface area contributed by atoms with E-state index in [0.717, 1.165) is 19.6 Å². The van der Waals surface area contributed by atoms with Crippen molar-refractivity contribution >= 4 is 17.5 Å². The first-order valence-corrected chi connectivity index (χ1v) is 7.34. The summed E-state index contributed by atoms with van der Waals surface area (Å²) in [6.07, 6.45) is 3.70. The van der Waals surface area contributed by atoms with E-state index in [0.29, 0.717) is 12.5 Å². The van der Waals surface area contributed by atoms with Gasteiger partial charge in [0.2, 0.25) is 11.8 Å². The highest BCUT2D eigenvalue weighted by molar-refractivity contribution is 5.57. The van der Waals surface area contributed by atoms with Crippen LogP contribution in [0.4, 0.5) is 17.5 Å². The number of likely N-dealkylation sites (tertiary alicyclic amines) is 1. The molecule has 0 amide bonds. The number of hydrogen-bond acceptors (Lipinski definition) is 7. The zero-order valence-corrected chi connectivity index (χ0v) is 12.5. The number of nitrogens with one attached hydrogen (secondary N) is 2. The molecule has 1 aromatic heterocycles. The average molecular weight is 294 g/mol. The van der Waals surface area contributed by atoms with Crippen molar-refractivity contribution < 1.29 is 4.92 Å². The van der Waals surface area contributed by atoms with Crippen LogP contribution in [0.3, 0.4) is 0 Å². The number of aromatic nitrogens is 2. The molecule has 116 valence electrons. The molecule has 1 aliphatic heterocycles. The second-order valence-electron chi connectivity index (χ2n) is 5.27. The van der Waals surface area contributed by atoms with Gasteiger partial charge in [-0.05, 0) is 39.8 Å². The Morgan fingerprint density at radius 1 is 1.48 bits per heavy atom. The fourth-order valence-corrected chi connectivity index (χ4v) is 2.49. The van der Waals surface area contributed by atoms with Gasteiger partial charge in [0.15, 0.2) is 0 Å². The molecule has 8 nitrogen and oxygen atoms in total. The van der Waals surface area contributed by atoms with E-state index in [9.17, 15) is 10.1 Å². The van der Waals surface area contributed by atoms with E-state index in [2.05, 4.69) is 25.5 Å². The third kappa shape index (κ3) is 4.25. The van der Waals surface area contributed by atoms with Crippen molar-refractivity contribution in [2.75, 3.05) is 36.8 Å². The molecule has 0 spiro atoms. The van der Waals surface area contributed by atoms with Gasteiger partial charge in [-0.25, -0.2) is 4.98 Å². The Morgan fingerprint density at radius 2 is 2.19 bits per heavy atom. The number of rotatable bonds is 7. The van der Waals surface area contributed by atoms with Crippen molar-refractivity contribution in [2.24, 2.45) is 0 Å². The van der Waals surface area contributed by atoms with Gasteiger partial charge in [0.25, 0.3) is 0 Å². The maximum Gasteiger partial charge on any atom is 0.329 e. The highest BCUT2D eigenvalue weighted by Gasteiger charge is 2.20. The lowest BCUT2D eigenvalue weighted by Crippen LogP contribution is -2.33. The standard InChI is InChI=1S/C13H22N6O2/c1-3-14-13-15-8-11(19(20)21)12(17-13)16-10(2)9-18-6-4-5-7-18/h8,10H,3-7,9H2,1-2H3,(H2,14,15,16,17). The van der Waals surface area contributed by atoms with E-state index < -0.39 is 4.92 Å². The molecule has 0 bridgehead atoms. The van der Waals surface area contributed by atoms with E-state index in [1.165, 1.54) is 19.0 Å². The average Bonchev–Trinajstić information content (AvgIpc) is 2.91. The topological polar surface area (TPSA) is 96.2 Å². The second-order valence-corrected chi connectivity index (χ2v) is 5.27. The predicted molar refractivity (Wildman–Crippen MR) is 81.6 cm³/mol. The van der Waals surface area contributed by atoms with Crippen LogP contribution in [0.1, 0.15) is 26.7 Å². The summed E-state index contributed by atoms with van der Waals surface area (Å²) < 4.78 is 0. The van der Waals surface area contributed by atoms with Crippen LogP contribution >= 0.6 is 0 Å². The van der Waals surface area contributed by atoms with Gasteiger partial charge in [-0.3, -0.25) is 10.1 Å². The summed E-state index contributed by atoms with van der Waals surface area (Å²) >= 11 is 0. The number of hydrogen-bond donors (Lipinski definition) is 2. The fraction of sp³-hybridized carbons (Fsp3) is 0.692. The van der Waals surface area contributed by atoms with Gasteiger partial charge in [0, 0.05) is 19.1 Å². The number of anilines is 2. The smallest absolute Gasteiger partial charge is 0.329 e. The normalized spacial score (nSPS) is 16.7. The first-order valence-electron chi connectivity index (χ1n) is 7.34. The maximum atomic E-state index is 11.1. The summed E-state index contributed by atoms with van der Waals surface area (Å²) in [5, 5.41) is 17.2. The van der Waals surface area contributed by atoms with E-state index in [-0.39, 0.29) is 17.5 Å². The summed E-state index contributed by atoms with van der Waals surface area (Å²) in [6, 6.07) is 0.0891. The van der Waals surface area contributed by atoms with Crippen molar-refractivity contribution in [1.82, 2.24) is 14.9 Å². The zero-order chi connectivity index (χ0) is 15.2. The Hall–Kier alpha value is -1.96. The number of nitrogens with zero attached hydrogens (tertiary/aromatic N) is 4. The second kappa shape index (κ2) is 7.16. The monoisotopic (exact) mass is 294 g/mol. The summed E-state index contributed by atoms with van der Waals surface area (Å²) in [5.41, 5.74) is -0.0927. The minimum atomic E-state index is -0.458. The molecule has 0 aliphatic carbocycles. The van der Waals surface area contributed by atoms with E-state index >= 15 is 0 Å². The van der Waals surface area contributed by atoms with Crippen LogP contribution in [0.15, 0.2) is 6.20 Å². The molecule has 1 saturated heterocycles. The van der Waals surface area contributed by atoms with Gasteiger partial charge in [0.05, 0.1) is 4.92 Å². The minimum Gasteiger partial charge on any atom is -0.360 e. The van der Waals surface area contributed by atoms with Crippen LogP contribution < -0.4 is 10.6 Å². The van der Waals surface area contributed by atoms with Gasteiger partial charge in [-0.15, -0.1) is 0 Å². The van der Waals surface area contributed by atoms with Gasteiger partial charge in [-0.2, -0.15) is 4.98 Å². The van der Waals surface area contributed by atoms with Gasteiger partial charge >= 0.3 is 5.69 Å². The molecule has 2 heterocycles. The van der Waals surface area contributed by atoms with Gasteiger partial charge in [0.1, 0.15) is 6.20 Å². The molecule has 21 heavy (non-hydrogen) atoms. The highest BCUT2D eigenvalue weighted by atomic mass is 16.6. The molecule has 8 heteroatoms. The highest BCUT2D eigenvalue weighted by Crippen LogP contribution is 2.23. The molecule has 2 rings (SSSR count). The third-order valence-corrected chi connectivity index (χ3v) is 3.41. The van der Waals surface area contributed by atoms with E-state index in [4.69, 9.17) is 0 Å². The van der Waals surface area contributed by atoms with Crippen molar-refractivity contribution in [3.8, 4) is 0 Å². The van der Waals surface area contributed by atoms with Crippen molar-refractivity contribution in [1.29, 1.82) is 0 Å². The molecule has 1 atom stereocenters. The Kier molecular flexibility index (Phi) is 5.26. The van der Waals surface area contributed by atoms with Crippen LogP contribution in [0.5, 0.6) is 0 Å². The molecule has 0 saturated carbocycles. The summed E-state index contributed by atoms with van der Waals surface area (Å²) in [5.74, 6) is 0.677. The Labute approximate surface area is 124 Å². The largest absolute Gasteiger partial charge is 0.360 e. The Morgan fingerprint density at radius 3 is 2.81 bits per heavy atom. The van der Waals surface area contributed by atoms with Crippen LogP contribution in [-0.4, -0.2) is 52.0 Å². The summed E-state index contributed by atoms with van der Waals surface area (Å²) in [7, 11) is 0. The predicted octanol–water partition coefficient (Wildman–Crippen LogP) is 1.71. The lowest BCUT2D eigenvalue weighted by Gasteiger charge is -2.21. The molecular weight excluding hydrogens is 272 g/mol. The van der Waals surface area contributed by atoms with Crippen molar-refractivity contribution in [3.05, 3.63) is 16.3 Å². The minimum absolute atomic E-state index is 0.0891. The van der Waals surface area contributed by atoms with Crippen molar-refractivity contribution in [2.45, 2.75) is 32.7 Å². The van der Waals surface area contributed by atoms with Crippen molar-refractivity contribution in [3.63, 3.8) is 0 Å². The first-order chi connectivity index (χ1) is 10.1. The van der Waals surface area contributed by atoms with Gasteiger partial charge < -0.3 is 15.5 Å². The van der Waals surface area contributed by atoms with E-state index in [1.807, 2.05) is 13.8 Å². The van der Waals surface area contributed by atoms with Crippen LogP contribution in [0.2, 0.25) is 0 Å². The van der Waals surface area contributed by atoms with Crippen LogP contribution in [0.25, 0.3) is 0 Å². The molecule has 1 fully saturated rings. The van der Waals surface area contributed by atoms with Gasteiger partial charge in [-0.1, -0.05) is 0 Å². The zero-order valence-electron chi connectivity index (χ0n) is 12.5. The molecule has 0 aromatic carbocycles. The first kappa shape index (κ1) is 15.4. The quantitative estimate of drug-likeness (QED) is 0.583. The Balaban J connectivity index is 2.07. The van der Waals surface area contributed by atoms with Crippen LogP contribution in [0, 0.1) is 10.1 Å². The molecule has 2 N–H and O–H groups in total. The summed E-state index contributed by atoms with van der Waals surface area (Å²) in [4.78, 5) is 21.1. The lowest BCUT2D eigenvalue weighted by atomic mass is 10.3. The third-order valence-electron chi connectivity index (χ3n) is 3.41. The van der Waals surface area contributed by atoms with E-state index in [1.54, 1.807) is 0 Å². The number of nitro groups is 1. The molecule has 1 aromatic rings. The fourth-order valence-electron chi connectivity index (χ4n) is 2.49. The lowest BCUT2D eigenvalue weighted by molar-refractivity contribution is -0.384.